The van der Waals surface area contributed by atoms with E-state index in [9.17, 15) is 4.39 Å². The average molecular weight is 318 g/mol. The molecule has 3 aromatic rings. The molecule has 0 radical (unpaired) electrons. The molecule has 0 unspecified atom stereocenters. The van der Waals surface area contributed by atoms with E-state index in [2.05, 4.69) is 9.97 Å². The Morgan fingerprint density at radius 3 is 2.82 bits per heavy atom. The van der Waals surface area contributed by atoms with Gasteiger partial charge in [0.15, 0.2) is 5.82 Å². The van der Waals surface area contributed by atoms with E-state index in [0.29, 0.717) is 5.65 Å². The standard InChI is InChI=1S/C16H13ClFN3O/c17-15-14-11(18)8-21(16(14)20-9-19-15)13-7-6-12(22-13)10-4-2-1-3-5-10/h1-5,8-9,12-13H,6-7H2/t12-,13-/m1/s1. The summed E-state index contributed by atoms with van der Waals surface area (Å²) in [6.07, 6.45) is 4.18. The molecule has 0 amide bonds. The van der Waals surface area contributed by atoms with Gasteiger partial charge in [-0.3, -0.25) is 0 Å². The van der Waals surface area contributed by atoms with E-state index >= 15 is 0 Å². The SMILES string of the molecule is Fc1cn([C@H]2CC[C@H](c3ccccc3)O2)c2ncnc(Cl)c12. The number of hydrogen-bond donors (Lipinski definition) is 0. The van der Waals surface area contributed by atoms with Gasteiger partial charge < -0.3 is 9.30 Å². The summed E-state index contributed by atoms with van der Waals surface area (Å²) in [7, 11) is 0. The lowest BCUT2D eigenvalue weighted by molar-refractivity contribution is 0.00321. The molecular formula is C16H13ClFN3O. The quantitative estimate of drug-likeness (QED) is 0.662. The van der Waals surface area contributed by atoms with Gasteiger partial charge in [0.05, 0.1) is 11.5 Å². The number of fused-ring (bicyclic) bond motifs is 1. The first-order chi connectivity index (χ1) is 10.7. The Morgan fingerprint density at radius 2 is 2.00 bits per heavy atom. The van der Waals surface area contributed by atoms with Crippen LogP contribution < -0.4 is 0 Å². The highest BCUT2D eigenvalue weighted by molar-refractivity contribution is 6.33. The van der Waals surface area contributed by atoms with Crippen LogP contribution in [0.5, 0.6) is 0 Å². The summed E-state index contributed by atoms with van der Waals surface area (Å²) < 4.78 is 21.9. The number of nitrogens with zero attached hydrogens (tertiary/aromatic N) is 3. The number of ether oxygens (including phenoxy) is 1. The van der Waals surface area contributed by atoms with E-state index in [-0.39, 0.29) is 22.9 Å². The molecule has 1 aliphatic heterocycles. The molecule has 3 heterocycles. The van der Waals surface area contributed by atoms with Crippen LogP contribution in [0.25, 0.3) is 11.0 Å². The van der Waals surface area contributed by atoms with E-state index in [1.165, 1.54) is 12.5 Å². The van der Waals surface area contributed by atoms with Crippen molar-refractivity contribution in [3.05, 3.63) is 59.4 Å². The minimum Gasteiger partial charge on any atom is -0.350 e. The fourth-order valence-corrected chi connectivity index (χ4v) is 3.18. The lowest BCUT2D eigenvalue weighted by atomic mass is 10.1. The molecule has 0 bridgehead atoms. The second kappa shape index (κ2) is 5.34. The maximum atomic E-state index is 14.1. The summed E-state index contributed by atoms with van der Waals surface area (Å²) in [5, 5.41) is 0.370. The summed E-state index contributed by atoms with van der Waals surface area (Å²) in [5.41, 5.74) is 1.60. The minimum atomic E-state index is -0.424. The summed E-state index contributed by atoms with van der Waals surface area (Å²) in [4.78, 5) is 7.98. The highest BCUT2D eigenvalue weighted by Gasteiger charge is 2.29. The number of hydrogen-bond acceptors (Lipinski definition) is 3. The highest BCUT2D eigenvalue weighted by atomic mass is 35.5. The first kappa shape index (κ1) is 13.7. The van der Waals surface area contributed by atoms with Crippen molar-refractivity contribution < 1.29 is 9.13 Å². The zero-order chi connectivity index (χ0) is 15.1. The van der Waals surface area contributed by atoms with Crippen LogP contribution in [0.3, 0.4) is 0 Å². The van der Waals surface area contributed by atoms with Gasteiger partial charge in [0.2, 0.25) is 0 Å². The molecule has 2 aromatic heterocycles. The number of rotatable bonds is 2. The van der Waals surface area contributed by atoms with Crippen molar-refractivity contribution in [3.63, 3.8) is 0 Å². The zero-order valence-corrected chi connectivity index (χ0v) is 12.4. The molecule has 4 nitrogen and oxygen atoms in total. The largest absolute Gasteiger partial charge is 0.350 e. The average Bonchev–Trinajstić information content (AvgIpc) is 3.14. The Labute approximate surface area is 131 Å². The van der Waals surface area contributed by atoms with E-state index in [0.717, 1.165) is 18.4 Å². The van der Waals surface area contributed by atoms with Crippen molar-refractivity contribution in [1.29, 1.82) is 0 Å². The Hall–Kier alpha value is -1.98. The summed E-state index contributed by atoms with van der Waals surface area (Å²) in [6.45, 7) is 0. The van der Waals surface area contributed by atoms with Gasteiger partial charge in [-0.1, -0.05) is 41.9 Å². The Kier molecular flexibility index (Phi) is 3.32. The van der Waals surface area contributed by atoms with Gasteiger partial charge in [0.25, 0.3) is 0 Å². The summed E-state index contributed by atoms with van der Waals surface area (Å²) >= 11 is 5.96. The molecule has 112 valence electrons. The van der Waals surface area contributed by atoms with Gasteiger partial charge in [0, 0.05) is 6.20 Å². The van der Waals surface area contributed by atoms with E-state index in [1.807, 2.05) is 30.3 Å². The maximum absolute atomic E-state index is 14.1. The molecule has 1 fully saturated rings. The minimum absolute atomic E-state index is 0.0176. The van der Waals surface area contributed by atoms with Crippen molar-refractivity contribution in [2.75, 3.05) is 0 Å². The zero-order valence-electron chi connectivity index (χ0n) is 11.6. The number of benzene rings is 1. The van der Waals surface area contributed by atoms with Crippen LogP contribution in [0.4, 0.5) is 4.39 Å². The molecule has 0 aliphatic carbocycles. The summed E-state index contributed by atoms with van der Waals surface area (Å²) in [5.74, 6) is -0.424. The molecule has 0 N–H and O–H groups in total. The molecule has 0 spiro atoms. The van der Waals surface area contributed by atoms with Gasteiger partial charge in [-0.25, -0.2) is 14.4 Å². The first-order valence-corrected chi connectivity index (χ1v) is 7.49. The lowest BCUT2D eigenvalue weighted by Gasteiger charge is -2.16. The fraction of sp³-hybridized carbons (Fsp3) is 0.250. The van der Waals surface area contributed by atoms with Crippen LogP contribution in [-0.4, -0.2) is 14.5 Å². The van der Waals surface area contributed by atoms with Gasteiger partial charge in [-0.2, -0.15) is 0 Å². The molecule has 6 heteroatoms. The van der Waals surface area contributed by atoms with Gasteiger partial charge in [0.1, 0.15) is 23.4 Å². The van der Waals surface area contributed by atoms with E-state index in [4.69, 9.17) is 16.3 Å². The van der Waals surface area contributed by atoms with Crippen LogP contribution in [0.15, 0.2) is 42.9 Å². The molecule has 1 saturated heterocycles. The predicted molar refractivity (Wildman–Crippen MR) is 81.0 cm³/mol. The van der Waals surface area contributed by atoms with Crippen molar-refractivity contribution >= 4 is 22.6 Å². The van der Waals surface area contributed by atoms with Crippen LogP contribution in [0.2, 0.25) is 5.15 Å². The number of aromatic nitrogens is 3. The second-order valence-corrected chi connectivity index (χ2v) is 5.67. The molecule has 22 heavy (non-hydrogen) atoms. The van der Waals surface area contributed by atoms with Crippen LogP contribution in [0.1, 0.15) is 30.7 Å². The van der Waals surface area contributed by atoms with E-state index < -0.39 is 5.82 Å². The third-order valence-corrected chi connectivity index (χ3v) is 4.28. The third-order valence-electron chi connectivity index (χ3n) is 4.00. The number of halogens is 2. The lowest BCUT2D eigenvalue weighted by Crippen LogP contribution is -2.07. The van der Waals surface area contributed by atoms with Crippen LogP contribution in [-0.2, 0) is 4.74 Å². The Bertz CT molecular complexity index is 821. The summed E-state index contributed by atoms with van der Waals surface area (Å²) in [6, 6.07) is 10.0. The second-order valence-electron chi connectivity index (χ2n) is 5.31. The normalized spacial score (nSPS) is 21.5. The Morgan fingerprint density at radius 1 is 1.18 bits per heavy atom. The molecule has 0 saturated carbocycles. The molecular weight excluding hydrogens is 305 g/mol. The van der Waals surface area contributed by atoms with Gasteiger partial charge in [-0.15, -0.1) is 0 Å². The third kappa shape index (κ3) is 2.17. The van der Waals surface area contributed by atoms with Crippen molar-refractivity contribution in [1.82, 2.24) is 14.5 Å². The van der Waals surface area contributed by atoms with Gasteiger partial charge >= 0.3 is 0 Å². The highest BCUT2D eigenvalue weighted by Crippen LogP contribution is 2.40. The van der Waals surface area contributed by atoms with Crippen molar-refractivity contribution in [3.8, 4) is 0 Å². The Balaban J connectivity index is 1.68. The molecule has 2 atom stereocenters. The first-order valence-electron chi connectivity index (χ1n) is 7.11. The maximum Gasteiger partial charge on any atom is 0.153 e. The van der Waals surface area contributed by atoms with Crippen molar-refractivity contribution in [2.24, 2.45) is 0 Å². The van der Waals surface area contributed by atoms with Gasteiger partial charge in [-0.05, 0) is 18.4 Å². The topological polar surface area (TPSA) is 39.9 Å². The van der Waals surface area contributed by atoms with Crippen LogP contribution >= 0.6 is 11.6 Å². The van der Waals surface area contributed by atoms with Crippen molar-refractivity contribution in [2.45, 2.75) is 25.2 Å². The predicted octanol–water partition coefficient (Wildman–Crippen LogP) is 4.27. The fourth-order valence-electron chi connectivity index (χ4n) is 2.96. The molecule has 4 rings (SSSR count). The van der Waals surface area contributed by atoms with Crippen LogP contribution in [0, 0.1) is 5.82 Å². The van der Waals surface area contributed by atoms with E-state index in [1.54, 1.807) is 4.57 Å². The molecule has 1 aromatic carbocycles. The smallest absolute Gasteiger partial charge is 0.153 e. The monoisotopic (exact) mass is 317 g/mol. The molecule has 1 aliphatic rings.